The Morgan fingerprint density at radius 2 is 2.00 bits per heavy atom. The molecule has 84 valence electrons. The van der Waals surface area contributed by atoms with Gasteiger partial charge in [-0.05, 0) is 17.5 Å². The van der Waals surface area contributed by atoms with Crippen LogP contribution in [-0.2, 0) is 0 Å². The predicted molar refractivity (Wildman–Crippen MR) is 59.1 cm³/mol. The molecule has 3 nitrogen and oxygen atoms in total. The van der Waals surface area contributed by atoms with Crippen molar-refractivity contribution in [3.05, 3.63) is 29.3 Å². The van der Waals surface area contributed by atoms with E-state index in [-0.39, 0.29) is 6.61 Å². The molecule has 1 aromatic carbocycles. The van der Waals surface area contributed by atoms with Gasteiger partial charge in [-0.2, -0.15) is 0 Å². The Bertz CT molecular complexity index is 321. The summed E-state index contributed by atoms with van der Waals surface area (Å²) in [5, 5.41) is 18.4. The highest BCUT2D eigenvalue weighted by atomic mass is 16.5. The second-order valence-corrected chi connectivity index (χ2v) is 3.85. The van der Waals surface area contributed by atoms with E-state index in [0.717, 1.165) is 5.56 Å². The third kappa shape index (κ3) is 2.70. The van der Waals surface area contributed by atoms with E-state index in [9.17, 15) is 5.11 Å². The molecule has 1 aromatic rings. The Morgan fingerprint density at radius 3 is 2.47 bits per heavy atom. The molecule has 0 aliphatic heterocycles. The molecule has 1 atom stereocenters. The van der Waals surface area contributed by atoms with Crippen LogP contribution in [0.4, 0.5) is 0 Å². The Labute approximate surface area is 90.3 Å². The first-order valence-electron chi connectivity index (χ1n) is 5.07. The number of rotatable bonds is 4. The lowest BCUT2D eigenvalue weighted by Crippen LogP contribution is -2.05. The van der Waals surface area contributed by atoms with Crippen LogP contribution in [0.1, 0.15) is 37.0 Å². The summed E-state index contributed by atoms with van der Waals surface area (Å²) < 4.78 is 5.19. The molecule has 0 amide bonds. The van der Waals surface area contributed by atoms with E-state index < -0.39 is 6.10 Å². The minimum absolute atomic E-state index is 0.294. The van der Waals surface area contributed by atoms with Gasteiger partial charge in [-0.3, -0.25) is 0 Å². The lowest BCUT2D eigenvalue weighted by atomic mass is 9.99. The van der Waals surface area contributed by atoms with Crippen LogP contribution in [0.25, 0.3) is 0 Å². The maximum absolute atomic E-state index is 9.54. The van der Waals surface area contributed by atoms with Gasteiger partial charge in [0.25, 0.3) is 0 Å². The quantitative estimate of drug-likeness (QED) is 0.797. The van der Waals surface area contributed by atoms with Crippen molar-refractivity contribution in [3.63, 3.8) is 0 Å². The highest BCUT2D eigenvalue weighted by Gasteiger charge is 2.13. The van der Waals surface area contributed by atoms with Gasteiger partial charge in [0.2, 0.25) is 0 Å². The molecule has 3 heteroatoms. The zero-order valence-corrected chi connectivity index (χ0v) is 9.40. The third-order valence-electron chi connectivity index (χ3n) is 2.46. The fourth-order valence-electron chi connectivity index (χ4n) is 1.46. The number of aliphatic hydroxyl groups excluding tert-OH is 2. The van der Waals surface area contributed by atoms with E-state index in [2.05, 4.69) is 13.8 Å². The summed E-state index contributed by atoms with van der Waals surface area (Å²) in [6.07, 6.45) is -0.874. The predicted octanol–water partition coefficient (Wildman–Crippen LogP) is 1.84. The number of aliphatic hydroxyl groups is 2. The van der Waals surface area contributed by atoms with Crippen molar-refractivity contribution in [2.45, 2.75) is 25.9 Å². The Balaban J connectivity index is 3.09. The van der Waals surface area contributed by atoms with Crippen molar-refractivity contribution >= 4 is 0 Å². The number of ether oxygens (including phenoxy) is 1. The standard InChI is InChI=1S/C12H18O3/c1-8(2)9-4-5-10(11(14)7-13)12(6-9)15-3/h4-6,8,11,13-14H,7H2,1-3H3. The van der Waals surface area contributed by atoms with E-state index in [0.29, 0.717) is 17.2 Å². The monoisotopic (exact) mass is 210 g/mol. The first-order chi connectivity index (χ1) is 7.10. The van der Waals surface area contributed by atoms with Crippen molar-refractivity contribution in [1.29, 1.82) is 0 Å². The third-order valence-corrected chi connectivity index (χ3v) is 2.46. The van der Waals surface area contributed by atoms with Gasteiger partial charge in [-0.15, -0.1) is 0 Å². The fraction of sp³-hybridized carbons (Fsp3) is 0.500. The van der Waals surface area contributed by atoms with Crippen LogP contribution < -0.4 is 4.74 Å². The molecule has 0 saturated heterocycles. The molecule has 0 fully saturated rings. The molecule has 0 aromatic heterocycles. The number of hydrogen-bond donors (Lipinski definition) is 2. The van der Waals surface area contributed by atoms with Crippen LogP contribution in [0, 0.1) is 0 Å². The summed E-state index contributed by atoms with van der Waals surface area (Å²) in [4.78, 5) is 0. The van der Waals surface area contributed by atoms with Crippen molar-refractivity contribution in [3.8, 4) is 5.75 Å². The molecule has 0 saturated carbocycles. The Kier molecular flexibility index (Phi) is 4.12. The molecule has 2 N–H and O–H groups in total. The lowest BCUT2D eigenvalue weighted by Gasteiger charge is -2.15. The van der Waals surface area contributed by atoms with Gasteiger partial charge in [0.1, 0.15) is 11.9 Å². The first kappa shape index (κ1) is 12.0. The molecular weight excluding hydrogens is 192 g/mol. The molecular formula is C12H18O3. The molecule has 0 radical (unpaired) electrons. The normalized spacial score (nSPS) is 12.9. The highest BCUT2D eigenvalue weighted by Crippen LogP contribution is 2.28. The Hall–Kier alpha value is -1.06. The van der Waals surface area contributed by atoms with Crippen LogP contribution in [0.5, 0.6) is 5.75 Å². The van der Waals surface area contributed by atoms with Crippen LogP contribution in [0.15, 0.2) is 18.2 Å². The average molecular weight is 210 g/mol. The fourth-order valence-corrected chi connectivity index (χ4v) is 1.46. The van der Waals surface area contributed by atoms with Crippen LogP contribution >= 0.6 is 0 Å². The van der Waals surface area contributed by atoms with E-state index in [1.54, 1.807) is 13.2 Å². The minimum Gasteiger partial charge on any atom is -0.496 e. The summed E-state index contributed by atoms with van der Waals surface area (Å²) in [7, 11) is 1.56. The van der Waals surface area contributed by atoms with Crippen molar-refractivity contribution in [1.82, 2.24) is 0 Å². The van der Waals surface area contributed by atoms with Crippen molar-refractivity contribution < 1.29 is 14.9 Å². The highest BCUT2D eigenvalue weighted by molar-refractivity contribution is 5.40. The topological polar surface area (TPSA) is 49.7 Å². The number of hydrogen-bond acceptors (Lipinski definition) is 3. The largest absolute Gasteiger partial charge is 0.496 e. The summed E-state index contributed by atoms with van der Waals surface area (Å²) in [5.74, 6) is 1.04. The average Bonchev–Trinajstić information content (AvgIpc) is 2.27. The van der Waals surface area contributed by atoms with Gasteiger partial charge in [0, 0.05) is 5.56 Å². The van der Waals surface area contributed by atoms with E-state index in [4.69, 9.17) is 9.84 Å². The van der Waals surface area contributed by atoms with Crippen LogP contribution in [0.2, 0.25) is 0 Å². The van der Waals surface area contributed by atoms with E-state index in [1.165, 1.54) is 0 Å². The first-order valence-corrected chi connectivity index (χ1v) is 5.07. The Morgan fingerprint density at radius 1 is 1.33 bits per heavy atom. The zero-order chi connectivity index (χ0) is 11.4. The van der Waals surface area contributed by atoms with Gasteiger partial charge in [-0.1, -0.05) is 26.0 Å². The molecule has 1 rings (SSSR count). The van der Waals surface area contributed by atoms with Gasteiger partial charge in [-0.25, -0.2) is 0 Å². The van der Waals surface area contributed by atoms with E-state index in [1.807, 2.05) is 12.1 Å². The van der Waals surface area contributed by atoms with Crippen molar-refractivity contribution in [2.75, 3.05) is 13.7 Å². The SMILES string of the molecule is COc1cc(C(C)C)ccc1C(O)CO. The lowest BCUT2D eigenvalue weighted by molar-refractivity contribution is 0.0933. The van der Waals surface area contributed by atoms with Gasteiger partial charge in [0.05, 0.1) is 13.7 Å². The van der Waals surface area contributed by atoms with Gasteiger partial charge in [0.15, 0.2) is 0 Å². The second kappa shape index (κ2) is 5.14. The minimum atomic E-state index is -0.874. The van der Waals surface area contributed by atoms with Gasteiger partial charge < -0.3 is 14.9 Å². The second-order valence-electron chi connectivity index (χ2n) is 3.85. The molecule has 0 heterocycles. The maximum atomic E-state index is 9.54. The molecule has 0 bridgehead atoms. The van der Waals surface area contributed by atoms with Crippen molar-refractivity contribution in [2.24, 2.45) is 0 Å². The smallest absolute Gasteiger partial charge is 0.125 e. The number of benzene rings is 1. The summed E-state index contributed by atoms with van der Waals surface area (Å²) in [5.41, 5.74) is 1.78. The molecule has 1 unspecified atom stereocenters. The van der Waals surface area contributed by atoms with Crippen LogP contribution in [0.3, 0.4) is 0 Å². The molecule has 0 spiro atoms. The van der Waals surface area contributed by atoms with E-state index >= 15 is 0 Å². The molecule has 15 heavy (non-hydrogen) atoms. The van der Waals surface area contributed by atoms with Crippen LogP contribution in [-0.4, -0.2) is 23.9 Å². The summed E-state index contributed by atoms with van der Waals surface area (Å²) in [6, 6.07) is 5.65. The molecule has 0 aliphatic carbocycles. The molecule has 0 aliphatic rings. The van der Waals surface area contributed by atoms with Gasteiger partial charge >= 0.3 is 0 Å². The maximum Gasteiger partial charge on any atom is 0.125 e. The number of methoxy groups -OCH3 is 1. The summed E-state index contributed by atoms with van der Waals surface area (Å²) >= 11 is 0. The summed E-state index contributed by atoms with van der Waals surface area (Å²) in [6.45, 7) is 3.89. The zero-order valence-electron chi connectivity index (χ0n) is 9.40.